The molecule has 0 unspecified atom stereocenters. The molecule has 1 fully saturated rings. The van der Waals surface area contributed by atoms with E-state index in [1.54, 1.807) is 19.4 Å². The van der Waals surface area contributed by atoms with E-state index in [2.05, 4.69) is 44.3 Å². The fraction of sp³-hybridized carbons (Fsp3) is 0.684. The second-order valence-corrected chi connectivity index (χ2v) is 7.13. The molecule has 1 aliphatic rings. The Kier molecular flexibility index (Phi) is 11.8. The van der Waals surface area contributed by atoms with Crippen molar-refractivity contribution < 1.29 is 4.79 Å². The highest BCUT2D eigenvalue weighted by Gasteiger charge is 2.22. The molecular formula is C19H34IN7O. The third-order valence-corrected chi connectivity index (χ3v) is 4.57. The third-order valence-electron chi connectivity index (χ3n) is 4.57. The van der Waals surface area contributed by atoms with Gasteiger partial charge in [0.25, 0.3) is 0 Å². The zero-order valence-corrected chi connectivity index (χ0v) is 19.6. The Morgan fingerprint density at radius 3 is 2.39 bits per heavy atom. The Morgan fingerprint density at radius 1 is 1.14 bits per heavy atom. The summed E-state index contributed by atoms with van der Waals surface area (Å²) in [5.41, 5.74) is 0. The molecule has 2 rings (SSSR count). The van der Waals surface area contributed by atoms with Crippen LogP contribution in [-0.2, 0) is 4.79 Å². The van der Waals surface area contributed by atoms with Gasteiger partial charge in [-0.1, -0.05) is 13.8 Å². The summed E-state index contributed by atoms with van der Waals surface area (Å²) in [6.45, 7) is 8.89. The molecule has 28 heavy (non-hydrogen) atoms. The van der Waals surface area contributed by atoms with E-state index >= 15 is 0 Å². The lowest BCUT2D eigenvalue weighted by molar-refractivity contribution is -0.131. The van der Waals surface area contributed by atoms with Crippen molar-refractivity contribution in [2.75, 3.05) is 51.2 Å². The number of carbonyl (C=O) groups is 1. The molecule has 2 heterocycles. The first kappa shape index (κ1) is 24.4. The first-order valence-electron chi connectivity index (χ1n) is 9.84. The number of hydrogen-bond donors (Lipinski definition) is 2. The van der Waals surface area contributed by atoms with Crippen molar-refractivity contribution in [1.82, 2.24) is 25.5 Å². The van der Waals surface area contributed by atoms with E-state index in [1.165, 1.54) is 6.42 Å². The molecule has 1 aromatic heterocycles. The van der Waals surface area contributed by atoms with E-state index in [4.69, 9.17) is 0 Å². The van der Waals surface area contributed by atoms with Crippen LogP contribution < -0.4 is 15.5 Å². The predicted molar refractivity (Wildman–Crippen MR) is 124 cm³/mol. The van der Waals surface area contributed by atoms with Crippen LogP contribution in [-0.4, -0.2) is 73.1 Å². The number of anilines is 1. The molecule has 0 aromatic carbocycles. The van der Waals surface area contributed by atoms with Gasteiger partial charge in [0.05, 0.1) is 0 Å². The van der Waals surface area contributed by atoms with Gasteiger partial charge in [-0.25, -0.2) is 9.97 Å². The maximum atomic E-state index is 12.4. The molecule has 0 aliphatic carbocycles. The normalized spacial score (nSPS) is 14.6. The number of guanidine groups is 1. The largest absolute Gasteiger partial charge is 0.356 e. The summed E-state index contributed by atoms with van der Waals surface area (Å²) in [7, 11) is 1.75. The number of carbonyl (C=O) groups excluding carboxylic acids is 1. The highest BCUT2D eigenvalue weighted by molar-refractivity contribution is 14.0. The lowest BCUT2D eigenvalue weighted by atomic mass is 10.1. The molecule has 1 amide bonds. The second-order valence-electron chi connectivity index (χ2n) is 7.13. The van der Waals surface area contributed by atoms with Gasteiger partial charge in [0.1, 0.15) is 0 Å². The maximum absolute atomic E-state index is 12.4. The van der Waals surface area contributed by atoms with Crippen LogP contribution in [0.15, 0.2) is 23.5 Å². The zero-order chi connectivity index (χ0) is 19.5. The summed E-state index contributed by atoms with van der Waals surface area (Å²) < 4.78 is 0. The molecule has 1 aromatic rings. The van der Waals surface area contributed by atoms with Crippen molar-refractivity contribution in [3.63, 3.8) is 0 Å². The second kappa shape index (κ2) is 13.5. The smallest absolute Gasteiger partial charge is 0.225 e. The Hall–Kier alpha value is -1.65. The topological polar surface area (TPSA) is 85.8 Å². The highest BCUT2D eigenvalue weighted by Crippen LogP contribution is 2.10. The van der Waals surface area contributed by atoms with E-state index in [0.29, 0.717) is 32.0 Å². The zero-order valence-electron chi connectivity index (χ0n) is 17.2. The standard InChI is InChI=1S/C19H33N7O.HI/c1-16(2)6-4-8-21-18(20-3)22-11-7-17(27)25-12-14-26(15-13-25)19-23-9-5-10-24-19;/h5,9-10,16H,4,6-8,11-15H2,1-3H3,(H2,20,21,22);1H. The average molecular weight is 503 g/mol. The van der Waals surface area contributed by atoms with Gasteiger partial charge in [-0.3, -0.25) is 9.79 Å². The van der Waals surface area contributed by atoms with Gasteiger partial charge in [0.2, 0.25) is 11.9 Å². The number of aliphatic imine (C=N–C) groups is 1. The van der Waals surface area contributed by atoms with Crippen LogP contribution in [0.2, 0.25) is 0 Å². The van der Waals surface area contributed by atoms with Crippen LogP contribution in [0, 0.1) is 5.92 Å². The minimum Gasteiger partial charge on any atom is -0.356 e. The fourth-order valence-electron chi connectivity index (χ4n) is 2.99. The number of nitrogens with zero attached hydrogens (tertiary/aromatic N) is 5. The van der Waals surface area contributed by atoms with E-state index in [9.17, 15) is 4.79 Å². The molecule has 0 atom stereocenters. The van der Waals surface area contributed by atoms with E-state index in [1.807, 2.05) is 11.0 Å². The van der Waals surface area contributed by atoms with Crippen LogP contribution >= 0.6 is 24.0 Å². The summed E-state index contributed by atoms with van der Waals surface area (Å²) in [5.74, 6) is 2.39. The average Bonchev–Trinajstić information content (AvgIpc) is 2.70. The van der Waals surface area contributed by atoms with Crippen LogP contribution in [0.4, 0.5) is 5.95 Å². The van der Waals surface area contributed by atoms with Crippen LogP contribution in [0.3, 0.4) is 0 Å². The number of amides is 1. The summed E-state index contributed by atoms with van der Waals surface area (Å²) >= 11 is 0. The van der Waals surface area contributed by atoms with Crippen molar-refractivity contribution >= 4 is 41.8 Å². The molecule has 0 radical (unpaired) electrons. The van der Waals surface area contributed by atoms with Crippen LogP contribution in [0.25, 0.3) is 0 Å². The van der Waals surface area contributed by atoms with Crippen molar-refractivity contribution in [1.29, 1.82) is 0 Å². The third kappa shape index (κ3) is 8.57. The molecule has 1 saturated heterocycles. The summed E-state index contributed by atoms with van der Waals surface area (Å²) in [4.78, 5) is 29.2. The van der Waals surface area contributed by atoms with Gasteiger partial charge in [0.15, 0.2) is 5.96 Å². The van der Waals surface area contributed by atoms with E-state index in [-0.39, 0.29) is 29.9 Å². The number of halogens is 1. The van der Waals surface area contributed by atoms with Gasteiger partial charge in [-0.05, 0) is 24.8 Å². The van der Waals surface area contributed by atoms with Gasteiger partial charge in [0, 0.05) is 65.1 Å². The highest BCUT2D eigenvalue weighted by atomic mass is 127. The minimum absolute atomic E-state index is 0. The minimum atomic E-state index is 0. The SMILES string of the molecule is CN=C(NCCCC(C)C)NCCC(=O)N1CCN(c2ncccn2)CC1.I. The summed E-state index contributed by atoms with van der Waals surface area (Å²) in [6, 6.07) is 1.81. The van der Waals surface area contributed by atoms with Crippen LogP contribution in [0.5, 0.6) is 0 Å². The van der Waals surface area contributed by atoms with Crippen molar-refractivity contribution in [3.8, 4) is 0 Å². The summed E-state index contributed by atoms with van der Waals surface area (Å²) in [5, 5.41) is 6.52. The van der Waals surface area contributed by atoms with Gasteiger partial charge in [-0.15, -0.1) is 24.0 Å². The Labute approximate surface area is 185 Å². The molecule has 8 nitrogen and oxygen atoms in total. The molecule has 0 saturated carbocycles. The number of rotatable bonds is 8. The molecule has 9 heteroatoms. The van der Waals surface area contributed by atoms with Gasteiger partial charge < -0.3 is 20.4 Å². The molecular weight excluding hydrogens is 469 g/mol. The Morgan fingerprint density at radius 2 is 1.79 bits per heavy atom. The first-order valence-corrected chi connectivity index (χ1v) is 9.84. The van der Waals surface area contributed by atoms with E-state index in [0.717, 1.165) is 38.0 Å². The molecule has 1 aliphatic heterocycles. The lowest BCUT2D eigenvalue weighted by Crippen LogP contribution is -2.50. The first-order chi connectivity index (χ1) is 13.1. The van der Waals surface area contributed by atoms with E-state index < -0.39 is 0 Å². The van der Waals surface area contributed by atoms with Crippen molar-refractivity contribution in [2.24, 2.45) is 10.9 Å². The molecule has 0 bridgehead atoms. The Bertz CT molecular complexity index is 589. The summed E-state index contributed by atoms with van der Waals surface area (Å²) in [6.07, 6.45) is 6.27. The number of piperazine rings is 1. The fourth-order valence-corrected chi connectivity index (χ4v) is 2.99. The van der Waals surface area contributed by atoms with Gasteiger partial charge >= 0.3 is 0 Å². The quantitative estimate of drug-likeness (QED) is 0.243. The maximum Gasteiger partial charge on any atom is 0.225 e. The Balaban J connectivity index is 0.00000392. The molecule has 2 N–H and O–H groups in total. The monoisotopic (exact) mass is 503 g/mol. The number of aromatic nitrogens is 2. The van der Waals surface area contributed by atoms with Gasteiger partial charge in [-0.2, -0.15) is 0 Å². The van der Waals surface area contributed by atoms with Crippen molar-refractivity contribution in [3.05, 3.63) is 18.5 Å². The lowest BCUT2D eigenvalue weighted by Gasteiger charge is -2.34. The van der Waals surface area contributed by atoms with Crippen molar-refractivity contribution in [2.45, 2.75) is 33.1 Å². The molecule has 0 spiro atoms. The molecule has 158 valence electrons. The number of hydrogen-bond acceptors (Lipinski definition) is 5. The van der Waals surface area contributed by atoms with Crippen LogP contribution in [0.1, 0.15) is 33.1 Å². The number of nitrogens with one attached hydrogen (secondary N) is 2. The predicted octanol–water partition coefficient (Wildman–Crippen LogP) is 1.73.